The van der Waals surface area contributed by atoms with Gasteiger partial charge in [0.15, 0.2) is 0 Å². The minimum absolute atomic E-state index is 1.10. The van der Waals surface area contributed by atoms with Crippen LogP contribution < -0.4 is 0 Å². The molecule has 9 rings (SSSR count). The molecule has 0 heterocycles. The molecule has 0 aliphatic heterocycles. The Morgan fingerprint density at radius 3 is 0.854 bits per heavy atom. The molecule has 0 fully saturated rings. The molecule has 0 aromatic heterocycles. The summed E-state index contributed by atoms with van der Waals surface area (Å²) in [6.45, 7) is 0. The van der Waals surface area contributed by atoms with Crippen molar-refractivity contribution in [2.45, 2.75) is 0 Å². The molecule has 228 valence electrons. The molecule has 0 bridgehead atoms. The van der Waals surface area contributed by atoms with Gasteiger partial charge in [-0.3, -0.25) is 0 Å². The smallest absolute Gasteiger partial charge is 0.0287 e. The lowest BCUT2D eigenvalue weighted by atomic mass is 9.86. The van der Waals surface area contributed by atoms with Gasteiger partial charge in [-0.2, -0.15) is 0 Å². The van der Waals surface area contributed by atoms with Crippen molar-refractivity contribution in [2.24, 2.45) is 0 Å². The van der Waals surface area contributed by atoms with Gasteiger partial charge in [0, 0.05) is 8.04 Å². The first-order valence-corrected chi connectivity index (χ1v) is 18.0. The van der Waals surface area contributed by atoms with Crippen LogP contribution in [0.4, 0.5) is 0 Å². The Balaban J connectivity index is 0.000000145. The Labute approximate surface area is 303 Å². The summed E-state index contributed by atoms with van der Waals surface area (Å²) in [5.41, 5.74) is 7.72. The first kappa shape index (κ1) is 30.6. The number of hydrogen-bond acceptors (Lipinski definition) is 0. The molecule has 9 aromatic rings. The van der Waals surface area contributed by atoms with E-state index in [1.54, 1.807) is 0 Å². The van der Waals surface area contributed by atoms with E-state index in [2.05, 4.69) is 221 Å². The molecule has 0 N–H and O–H groups in total. The Morgan fingerprint density at radius 2 is 0.521 bits per heavy atom. The largest absolute Gasteiger partial charge is 0.0622 e. The summed E-state index contributed by atoms with van der Waals surface area (Å²) >= 11 is 6.03. The van der Waals surface area contributed by atoms with Crippen LogP contribution in [0, 0.1) is 3.57 Å². The van der Waals surface area contributed by atoms with Gasteiger partial charge in [-0.25, -0.2) is 0 Å². The molecule has 48 heavy (non-hydrogen) atoms. The molecule has 0 atom stereocenters. The maximum atomic E-state index is 3.56. The first-order chi connectivity index (χ1) is 23.7. The quantitative estimate of drug-likeness (QED) is 0.124. The second-order valence-corrected chi connectivity index (χ2v) is 13.9. The van der Waals surface area contributed by atoms with E-state index >= 15 is 0 Å². The molecule has 0 saturated heterocycles. The topological polar surface area (TPSA) is 0 Å². The van der Waals surface area contributed by atoms with E-state index in [9.17, 15) is 0 Å². The Morgan fingerprint density at radius 1 is 0.271 bits per heavy atom. The molecule has 0 aliphatic rings. The minimum atomic E-state index is 1.10. The molecule has 2 heteroatoms. The number of fused-ring (bicyclic) bond motifs is 4. The van der Waals surface area contributed by atoms with E-state index < -0.39 is 0 Å². The first-order valence-electron chi connectivity index (χ1n) is 16.1. The summed E-state index contributed by atoms with van der Waals surface area (Å²) in [4.78, 5) is 0. The lowest BCUT2D eigenvalue weighted by Gasteiger charge is -2.17. The van der Waals surface area contributed by atoms with Gasteiger partial charge in [-0.15, -0.1) is 0 Å². The predicted octanol–water partition coefficient (Wildman–Crippen LogP) is 14.4. The fourth-order valence-electron chi connectivity index (χ4n) is 6.96. The zero-order chi connectivity index (χ0) is 32.5. The summed E-state index contributed by atoms with van der Waals surface area (Å²) in [6, 6.07) is 64.9. The number of hydrogen-bond donors (Lipinski definition) is 0. The third-order valence-corrected chi connectivity index (χ3v) is 10.7. The standard InChI is InChI=1S/C26H17Br.C20H13I/c27-20-16-14-19(15-17-20)26-23-12-6-4-10-21(23)25(18-8-2-1-3-9-18)22-11-5-7-13-24(22)26;21-20-17-12-6-4-10-15(17)19(14-8-2-1-3-9-14)16-11-5-7-13-18(16)20/h1-17H;1-13H. The van der Waals surface area contributed by atoms with Gasteiger partial charge in [0.05, 0.1) is 0 Å². The van der Waals surface area contributed by atoms with Crippen molar-refractivity contribution >= 4 is 81.6 Å². The van der Waals surface area contributed by atoms with Gasteiger partial charge in [0.2, 0.25) is 0 Å². The van der Waals surface area contributed by atoms with Crippen LogP contribution in [-0.2, 0) is 0 Å². The highest BCUT2D eigenvalue weighted by Gasteiger charge is 2.16. The summed E-state index contributed by atoms with van der Waals surface area (Å²) in [5, 5.41) is 10.5. The van der Waals surface area contributed by atoms with Crippen molar-refractivity contribution in [3.05, 3.63) is 190 Å². The zero-order valence-electron chi connectivity index (χ0n) is 26.1. The molecule has 0 amide bonds. The van der Waals surface area contributed by atoms with Crippen molar-refractivity contribution in [1.29, 1.82) is 0 Å². The van der Waals surface area contributed by atoms with E-state index in [1.165, 1.54) is 80.0 Å². The van der Waals surface area contributed by atoms with E-state index in [1.807, 2.05) is 0 Å². The van der Waals surface area contributed by atoms with Crippen molar-refractivity contribution in [3.63, 3.8) is 0 Å². The maximum absolute atomic E-state index is 3.56. The third kappa shape index (κ3) is 5.59. The third-order valence-electron chi connectivity index (χ3n) is 9.06. The van der Waals surface area contributed by atoms with E-state index in [4.69, 9.17) is 0 Å². The Hall–Kier alpha value is -4.77. The fraction of sp³-hybridized carbons (Fsp3) is 0. The van der Waals surface area contributed by atoms with Crippen molar-refractivity contribution in [1.82, 2.24) is 0 Å². The summed E-state index contributed by atoms with van der Waals surface area (Å²) in [7, 11) is 0. The van der Waals surface area contributed by atoms with Crippen LogP contribution >= 0.6 is 38.5 Å². The van der Waals surface area contributed by atoms with Crippen LogP contribution in [0.5, 0.6) is 0 Å². The number of halogens is 2. The van der Waals surface area contributed by atoms with Crippen molar-refractivity contribution < 1.29 is 0 Å². The van der Waals surface area contributed by atoms with Gasteiger partial charge in [-0.1, -0.05) is 186 Å². The van der Waals surface area contributed by atoms with Crippen molar-refractivity contribution in [3.8, 4) is 33.4 Å². The molecule has 0 saturated carbocycles. The van der Waals surface area contributed by atoms with Crippen LogP contribution in [-0.4, -0.2) is 0 Å². The molecule has 0 spiro atoms. The van der Waals surface area contributed by atoms with Crippen LogP contribution in [0.25, 0.3) is 76.5 Å². The normalized spacial score (nSPS) is 11.1. The van der Waals surface area contributed by atoms with Gasteiger partial charge < -0.3 is 0 Å². The Kier molecular flexibility index (Phi) is 8.52. The van der Waals surface area contributed by atoms with E-state index in [0.29, 0.717) is 0 Å². The SMILES string of the molecule is Brc1ccc(-c2c3ccccc3c(-c3ccccc3)c3ccccc23)cc1.Ic1c2ccccc2c(-c2ccccc2)c2ccccc12. The second-order valence-electron chi connectivity index (χ2n) is 11.9. The van der Waals surface area contributed by atoms with Gasteiger partial charge in [0.25, 0.3) is 0 Å². The van der Waals surface area contributed by atoms with Gasteiger partial charge >= 0.3 is 0 Å². The monoisotopic (exact) mass is 788 g/mol. The average Bonchev–Trinajstić information content (AvgIpc) is 3.15. The highest BCUT2D eigenvalue weighted by Crippen LogP contribution is 2.44. The molecule has 0 radical (unpaired) electrons. The summed E-state index contributed by atoms with van der Waals surface area (Å²) < 4.78 is 2.43. The van der Waals surface area contributed by atoms with Crippen LogP contribution in [0.15, 0.2) is 186 Å². The minimum Gasteiger partial charge on any atom is -0.0622 e. The molecular weight excluding hydrogens is 759 g/mol. The average molecular weight is 790 g/mol. The Bertz CT molecular complexity index is 2440. The zero-order valence-corrected chi connectivity index (χ0v) is 29.8. The van der Waals surface area contributed by atoms with E-state index in [0.717, 1.165) is 4.47 Å². The lowest BCUT2D eigenvalue weighted by Crippen LogP contribution is -1.90. The van der Waals surface area contributed by atoms with Crippen LogP contribution in [0.1, 0.15) is 0 Å². The molecule has 0 nitrogen and oxygen atoms in total. The number of rotatable bonds is 3. The summed E-state index contributed by atoms with van der Waals surface area (Å²) in [6.07, 6.45) is 0. The highest BCUT2D eigenvalue weighted by molar-refractivity contribution is 14.1. The fourth-order valence-corrected chi connectivity index (χ4v) is 8.17. The number of benzene rings is 9. The van der Waals surface area contributed by atoms with Crippen LogP contribution in [0.3, 0.4) is 0 Å². The summed E-state index contributed by atoms with van der Waals surface area (Å²) in [5.74, 6) is 0. The molecule has 0 unspecified atom stereocenters. The maximum Gasteiger partial charge on any atom is 0.0287 e. The second kappa shape index (κ2) is 13.4. The predicted molar refractivity (Wildman–Crippen MR) is 220 cm³/mol. The van der Waals surface area contributed by atoms with Gasteiger partial charge in [-0.05, 0) is 111 Å². The van der Waals surface area contributed by atoms with Crippen LogP contribution in [0.2, 0.25) is 0 Å². The van der Waals surface area contributed by atoms with E-state index in [-0.39, 0.29) is 0 Å². The van der Waals surface area contributed by atoms with Crippen molar-refractivity contribution in [2.75, 3.05) is 0 Å². The molecule has 0 aliphatic carbocycles. The molecule has 9 aromatic carbocycles. The van der Waals surface area contributed by atoms with Gasteiger partial charge in [0.1, 0.15) is 0 Å². The highest BCUT2D eigenvalue weighted by atomic mass is 127. The lowest BCUT2D eigenvalue weighted by molar-refractivity contribution is 1.63. The molecular formula is C46H30BrI.